The fraction of sp³-hybridized carbons (Fsp3) is 0.476. The summed E-state index contributed by atoms with van der Waals surface area (Å²) in [5.74, 6) is 2.56. The number of carbonyl (C=O) groups is 1. The van der Waals surface area contributed by atoms with E-state index in [0.717, 1.165) is 43.1 Å². The van der Waals surface area contributed by atoms with Crippen LogP contribution in [0.1, 0.15) is 43.0 Å². The van der Waals surface area contributed by atoms with Crippen molar-refractivity contribution < 1.29 is 9.53 Å². The van der Waals surface area contributed by atoms with E-state index in [1.54, 1.807) is 4.90 Å². The average Bonchev–Trinajstić information content (AvgIpc) is 3.58. The van der Waals surface area contributed by atoms with Gasteiger partial charge < -0.3 is 14.5 Å². The van der Waals surface area contributed by atoms with Gasteiger partial charge in [0.1, 0.15) is 18.2 Å². The number of amides is 1. The largest absolute Gasteiger partial charge is 0.445 e. The molecule has 1 saturated carbocycles. The molecule has 0 bridgehead atoms. The van der Waals surface area contributed by atoms with Crippen LogP contribution >= 0.6 is 0 Å². The van der Waals surface area contributed by atoms with E-state index in [-0.39, 0.29) is 12.1 Å². The second kappa shape index (κ2) is 7.94. The number of benzene rings is 1. The SMILES string of the molecule is CN(C(=O)OCc1ccccc1)C1CCN(c2ccnc(C3CC3)n2)CC1. The molecule has 1 aliphatic carbocycles. The van der Waals surface area contributed by atoms with Crippen LogP contribution in [0.15, 0.2) is 42.6 Å². The van der Waals surface area contributed by atoms with E-state index in [0.29, 0.717) is 12.5 Å². The Bertz CT molecular complexity index is 771. The second-order valence-corrected chi connectivity index (χ2v) is 7.42. The van der Waals surface area contributed by atoms with Gasteiger partial charge in [0, 0.05) is 38.3 Å². The topological polar surface area (TPSA) is 58.6 Å². The van der Waals surface area contributed by atoms with Crippen molar-refractivity contribution in [2.75, 3.05) is 25.0 Å². The lowest BCUT2D eigenvalue weighted by Gasteiger charge is -2.36. The monoisotopic (exact) mass is 366 g/mol. The van der Waals surface area contributed by atoms with Gasteiger partial charge in [-0.25, -0.2) is 14.8 Å². The van der Waals surface area contributed by atoms with E-state index in [4.69, 9.17) is 9.72 Å². The summed E-state index contributed by atoms with van der Waals surface area (Å²) in [6.45, 7) is 2.10. The van der Waals surface area contributed by atoms with E-state index in [1.807, 2.05) is 49.6 Å². The highest BCUT2D eigenvalue weighted by atomic mass is 16.6. The van der Waals surface area contributed by atoms with E-state index in [2.05, 4.69) is 9.88 Å². The maximum atomic E-state index is 12.4. The van der Waals surface area contributed by atoms with Crippen molar-refractivity contribution in [2.45, 2.75) is 44.2 Å². The Kier molecular flexibility index (Phi) is 5.23. The van der Waals surface area contributed by atoms with Crippen LogP contribution in [0.4, 0.5) is 10.6 Å². The Labute approximate surface area is 160 Å². The van der Waals surface area contributed by atoms with Crippen LogP contribution in [-0.2, 0) is 11.3 Å². The molecule has 1 aliphatic heterocycles. The molecule has 4 rings (SSSR count). The number of carbonyl (C=O) groups excluding carboxylic acids is 1. The number of hydrogen-bond acceptors (Lipinski definition) is 5. The second-order valence-electron chi connectivity index (χ2n) is 7.42. The zero-order chi connectivity index (χ0) is 18.6. The van der Waals surface area contributed by atoms with Crippen LogP contribution < -0.4 is 4.90 Å². The minimum absolute atomic E-state index is 0.203. The van der Waals surface area contributed by atoms with Gasteiger partial charge in [-0.15, -0.1) is 0 Å². The van der Waals surface area contributed by atoms with Crippen LogP contribution in [0, 0.1) is 0 Å². The van der Waals surface area contributed by atoms with Gasteiger partial charge in [0.25, 0.3) is 0 Å². The molecule has 0 N–H and O–H groups in total. The smallest absolute Gasteiger partial charge is 0.410 e. The minimum Gasteiger partial charge on any atom is -0.445 e. The molecule has 27 heavy (non-hydrogen) atoms. The summed E-state index contributed by atoms with van der Waals surface area (Å²) in [5, 5.41) is 0. The first-order valence-electron chi connectivity index (χ1n) is 9.72. The fourth-order valence-electron chi connectivity index (χ4n) is 3.53. The van der Waals surface area contributed by atoms with Gasteiger partial charge in [0.05, 0.1) is 0 Å². The molecule has 1 aromatic heterocycles. The van der Waals surface area contributed by atoms with Crippen LogP contribution in [0.25, 0.3) is 0 Å². The van der Waals surface area contributed by atoms with Gasteiger partial charge in [-0.3, -0.25) is 0 Å². The van der Waals surface area contributed by atoms with Crippen LogP contribution in [0.3, 0.4) is 0 Å². The molecule has 6 nitrogen and oxygen atoms in total. The van der Waals surface area contributed by atoms with Crippen LogP contribution in [-0.4, -0.2) is 47.1 Å². The van der Waals surface area contributed by atoms with Crippen molar-refractivity contribution >= 4 is 11.9 Å². The summed E-state index contributed by atoms with van der Waals surface area (Å²) >= 11 is 0. The molecule has 2 fully saturated rings. The Morgan fingerprint density at radius 3 is 2.59 bits per heavy atom. The zero-order valence-corrected chi connectivity index (χ0v) is 15.8. The summed E-state index contributed by atoms with van der Waals surface area (Å²) in [7, 11) is 1.84. The third kappa shape index (κ3) is 4.38. The summed E-state index contributed by atoms with van der Waals surface area (Å²) in [6.07, 6.45) is 5.87. The Hall–Kier alpha value is -2.63. The molecule has 142 valence electrons. The number of hydrogen-bond donors (Lipinski definition) is 0. The molecule has 0 unspecified atom stereocenters. The van der Waals surface area contributed by atoms with E-state index in [1.165, 1.54) is 12.8 Å². The van der Waals surface area contributed by atoms with Crippen molar-refractivity contribution in [1.82, 2.24) is 14.9 Å². The molecule has 1 saturated heterocycles. The predicted octanol–water partition coefficient (Wildman–Crippen LogP) is 3.59. The van der Waals surface area contributed by atoms with Crippen molar-refractivity contribution in [1.29, 1.82) is 0 Å². The Balaban J connectivity index is 1.28. The first-order chi connectivity index (χ1) is 13.2. The molecule has 1 amide bonds. The molecule has 0 atom stereocenters. The van der Waals surface area contributed by atoms with Gasteiger partial charge in [-0.05, 0) is 37.3 Å². The molecule has 2 aromatic rings. The molecular formula is C21H26N4O2. The van der Waals surface area contributed by atoms with Crippen LogP contribution in [0.2, 0.25) is 0 Å². The number of aromatic nitrogens is 2. The molecular weight excluding hydrogens is 340 g/mol. The summed E-state index contributed by atoms with van der Waals surface area (Å²) in [6, 6.07) is 12.0. The maximum Gasteiger partial charge on any atom is 0.410 e. The highest BCUT2D eigenvalue weighted by Gasteiger charge is 2.29. The third-order valence-electron chi connectivity index (χ3n) is 5.43. The summed E-state index contributed by atoms with van der Waals surface area (Å²) in [5.41, 5.74) is 1.00. The van der Waals surface area contributed by atoms with Gasteiger partial charge in [0.15, 0.2) is 0 Å². The molecule has 6 heteroatoms. The number of anilines is 1. The highest BCUT2D eigenvalue weighted by molar-refractivity contribution is 5.67. The fourth-order valence-corrected chi connectivity index (χ4v) is 3.53. The average molecular weight is 366 g/mol. The van der Waals surface area contributed by atoms with Crippen LogP contribution in [0.5, 0.6) is 0 Å². The summed E-state index contributed by atoms with van der Waals surface area (Å²) in [4.78, 5) is 25.5. The Morgan fingerprint density at radius 1 is 1.15 bits per heavy atom. The molecule has 2 aliphatic rings. The lowest BCUT2D eigenvalue weighted by atomic mass is 10.0. The lowest BCUT2D eigenvalue weighted by Crippen LogP contribution is -2.46. The number of rotatable bonds is 5. The quantitative estimate of drug-likeness (QED) is 0.809. The number of piperidine rings is 1. The van der Waals surface area contributed by atoms with E-state index in [9.17, 15) is 4.79 Å². The first-order valence-corrected chi connectivity index (χ1v) is 9.72. The van der Waals surface area contributed by atoms with Crippen molar-refractivity contribution in [3.05, 3.63) is 54.0 Å². The number of ether oxygens (including phenoxy) is 1. The predicted molar refractivity (Wildman–Crippen MR) is 104 cm³/mol. The molecule has 0 spiro atoms. The molecule has 1 aromatic carbocycles. The van der Waals surface area contributed by atoms with E-state index >= 15 is 0 Å². The molecule has 2 heterocycles. The summed E-state index contributed by atoms with van der Waals surface area (Å²) < 4.78 is 5.46. The first kappa shape index (κ1) is 17.8. The normalized spacial score (nSPS) is 17.6. The van der Waals surface area contributed by atoms with Gasteiger partial charge in [-0.1, -0.05) is 30.3 Å². The highest BCUT2D eigenvalue weighted by Crippen LogP contribution is 2.38. The zero-order valence-electron chi connectivity index (χ0n) is 15.8. The standard InChI is InChI=1S/C21H26N4O2/c1-24(21(26)27-15-16-5-3-2-4-6-16)18-10-13-25(14-11-18)19-9-12-22-20(23-19)17-7-8-17/h2-6,9,12,17-18H,7-8,10-11,13-15H2,1H3. The van der Waals surface area contributed by atoms with Gasteiger partial charge in [-0.2, -0.15) is 0 Å². The van der Waals surface area contributed by atoms with Crippen molar-refractivity contribution in [3.63, 3.8) is 0 Å². The minimum atomic E-state index is -0.254. The Morgan fingerprint density at radius 2 is 1.89 bits per heavy atom. The van der Waals surface area contributed by atoms with E-state index < -0.39 is 0 Å². The third-order valence-corrected chi connectivity index (χ3v) is 5.43. The molecule has 0 radical (unpaired) electrons. The maximum absolute atomic E-state index is 12.4. The lowest BCUT2D eigenvalue weighted by molar-refractivity contribution is 0.0862. The van der Waals surface area contributed by atoms with Gasteiger partial charge in [0.2, 0.25) is 0 Å². The van der Waals surface area contributed by atoms with Gasteiger partial charge >= 0.3 is 6.09 Å². The van der Waals surface area contributed by atoms with Crippen molar-refractivity contribution in [3.8, 4) is 0 Å². The number of nitrogens with zero attached hydrogens (tertiary/aromatic N) is 4. The van der Waals surface area contributed by atoms with Crippen molar-refractivity contribution in [2.24, 2.45) is 0 Å².